The minimum Gasteiger partial charge on any atom is -0.287 e. The normalized spacial score (nSPS) is 15.2. The van der Waals surface area contributed by atoms with E-state index in [0.29, 0.717) is 17.1 Å². The van der Waals surface area contributed by atoms with E-state index in [-0.39, 0.29) is 11.3 Å². The molecule has 3 aromatic carbocycles. The number of aliphatic imine (C=N–C) groups is 1. The molecule has 1 N–H and O–H groups in total. The SMILES string of the molecule is CC1(C)Cc2ccccc2C(N/N=C(/C(=O)c2ccccc2)c2ccccc2)=N1. The Kier molecular flexibility index (Phi) is 5.09. The lowest BCUT2D eigenvalue weighted by Gasteiger charge is -2.28. The van der Waals surface area contributed by atoms with E-state index in [1.807, 2.05) is 66.7 Å². The van der Waals surface area contributed by atoms with Crippen molar-refractivity contribution in [2.24, 2.45) is 10.1 Å². The van der Waals surface area contributed by atoms with Crippen LogP contribution in [0.2, 0.25) is 0 Å². The van der Waals surface area contributed by atoms with E-state index in [4.69, 9.17) is 4.99 Å². The van der Waals surface area contributed by atoms with E-state index >= 15 is 0 Å². The fourth-order valence-corrected chi connectivity index (χ4v) is 3.54. The molecule has 1 aliphatic heterocycles. The zero-order chi connectivity index (χ0) is 20.3. The van der Waals surface area contributed by atoms with E-state index in [9.17, 15) is 4.79 Å². The van der Waals surface area contributed by atoms with Crippen LogP contribution in [0.25, 0.3) is 0 Å². The average molecular weight is 381 g/mol. The number of rotatable bonds is 4. The summed E-state index contributed by atoms with van der Waals surface area (Å²) in [7, 11) is 0. The molecule has 0 unspecified atom stereocenters. The summed E-state index contributed by atoms with van der Waals surface area (Å²) in [6.45, 7) is 4.20. The van der Waals surface area contributed by atoms with Crippen LogP contribution in [-0.4, -0.2) is 22.9 Å². The van der Waals surface area contributed by atoms with Gasteiger partial charge in [0.2, 0.25) is 5.78 Å². The second-order valence-electron chi connectivity index (χ2n) is 7.74. The minimum atomic E-state index is -0.234. The van der Waals surface area contributed by atoms with E-state index in [2.05, 4.69) is 30.4 Å². The van der Waals surface area contributed by atoms with Crippen molar-refractivity contribution in [2.45, 2.75) is 25.8 Å². The molecule has 0 saturated heterocycles. The number of carbonyl (C=O) groups is 1. The lowest BCUT2D eigenvalue weighted by Crippen LogP contribution is -2.35. The van der Waals surface area contributed by atoms with Crippen molar-refractivity contribution in [1.82, 2.24) is 5.43 Å². The van der Waals surface area contributed by atoms with Crippen molar-refractivity contribution in [2.75, 3.05) is 0 Å². The number of hydrazone groups is 1. The number of hydrogen-bond acceptors (Lipinski definition) is 4. The van der Waals surface area contributed by atoms with Gasteiger partial charge in [-0.3, -0.25) is 15.2 Å². The largest absolute Gasteiger partial charge is 0.287 e. The van der Waals surface area contributed by atoms with Crippen molar-refractivity contribution in [3.63, 3.8) is 0 Å². The highest BCUT2D eigenvalue weighted by molar-refractivity contribution is 6.51. The molecule has 4 rings (SSSR count). The molecule has 3 aromatic rings. The van der Waals surface area contributed by atoms with Gasteiger partial charge in [0.15, 0.2) is 0 Å². The van der Waals surface area contributed by atoms with Crippen LogP contribution in [-0.2, 0) is 6.42 Å². The van der Waals surface area contributed by atoms with Gasteiger partial charge in [-0.05, 0) is 25.8 Å². The zero-order valence-electron chi connectivity index (χ0n) is 16.6. The summed E-state index contributed by atoms with van der Waals surface area (Å²) in [5.74, 6) is 0.555. The highest BCUT2D eigenvalue weighted by atomic mass is 16.1. The van der Waals surface area contributed by atoms with Crippen LogP contribution in [0.5, 0.6) is 0 Å². The number of fused-ring (bicyclic) bond motifs is 1. The first-order valence-electron chi connectivity index (χ1n) is 9.70. The highest BCUT2D eigenvalue weighted by Crippen LogP contribution is 2.26. The molecule has 0 saturated carbocycles. The summed E-state index contributed by atoms with van der Waals surface area (Å²) >= 11 is 0. The molecule has 1 aliphatic rings. The van der Waals surface area contributed by atoms with Crippen LogP contribution in [0.3, 0.4) is 0 Å². The zero-order valence-corrected chi connectivity index (χ0v) is 16.6. The topological polar surface area (TPSA) is 53.8 Å². The van der Waals surface area contributed by atoms with Gasteiger partial charge in [-0.1, -0.05) is 84.9 Å². The third kappa shape index (κ3) is 4.16. The number of hydrogen-bond donors (Lipinski definition) is 1. The molecule has 144 valence electrons. The van der Waals surface area contributed by atoms with Gasteiger partial charge in [0.05, 0.1) is 5.54 Å². The predicted octanol–water partition coefficient (Wildman–Crippen LogP) is 4.64. The molecule has 4 heteroatoms. The van der Waals surface area contributed by atoms with Crippen molar-refractivity contribution in [3.8, 4) is 0 Å². The van der Waals surface area contributed by atoms with Crippen molar-refractivity contribution < 1.29 is 4.79 Å². The Balaban J connectivity index is 1.74. The Hall–Kier alpha value is -3.53. The molecule has 0 aromatic heterocycles. The first kappa shape index (κ1) is 18.8. The average Bonchev–Trinajstić information content (AvgIpc) is 2.74. The lowest BCUT2D eigenvalue weighted by atomic mass is 9.89. The molecule has 0 radical (unpaired) electrons. The quantitative estimate of drug-likeness (QED) is 0.406. The number of benzene rings is 3. The first-order chi connectivity index (χ1) is 14.0. The van der Waals surface area contributed by atoms with Crippen molar-refractivity contribution in [1.29, 1.82) is 0 Å². The van der Waals surface area contributed by atoms with Crippen LogP contribution < -0.4 is 5.43 Å². The van der Waals surface area contributed by atoms with Gasteiger partial charge >= 0.3 is 0 Å². The van der Waals surface area contributed by atoms with Crippen LogP contribution in [0.4, 0.5) is 0 Å². The number of carbonyl (C=O) groups excluding carboxylic acids is 1. The van der Waals surface area contributed by atoms with Crippen LogP contribution in [0.1, 0.15) is 40.9 Å². The number of ketones is 1. The summed E-state index contributed by atoms with van der Waals surface area (Å²) in [5.41, 5.74) is 6.84. The molecule has 0 spiro atoms. The van der Waals surface area contributed by atoms with E-state index in [1.165, 1.54) is 5.56 Å². The molecule has 29 heavy (non-hydrogen) atoms. The van der Waals surface area contributed by atoms with Gasteiger partial charge in [-0.25, -0.2) is 0 Å². The van der Waals surface area contributed by atoms with Gasteiger partial charge < -0.3 is 0 Å². The van der Waals surface area contributed by atoms with Crippen LogP contribution in [0, 0.1) is 0 Å². The van der Waals surface area contributed by atoms with Crippen LogP contribution in [0.15, 0.2) is 95.0 Å². The van der Waals surface area contributed by atoms with E-state index in [0.717, 1.165) is 17.5 Å². The maximum Gasteiger partial charge on any atom is 0.213 e. The molecule has 0 bridgehead atoms. The van der Waals surface area contributed by atoms with Gasteiger partial charge in [0, 0.05) is 16.7 Å². The highest BCUT2D eigenvalue weighted by Gasteiger charge is 2.26. The molecule has 4 nitrogen and oxygen atoms in total. The standard InChI is InChI=1S/C25H23N3O/c1-25(2)17-20-15-9-10-16-21(20)24(26-25)28-27-22(18-11-5-3-6-12-18)23(29)19-13-7-4-8-14-19/h3-16H,17H2,1-2H3,(H,26,28)/b27-22+. The van der Waals surface area contributed by atoms with Gasteiger partial charge in [-0.2, -0.15) is 5.10 Å². The fourth-order valence-electron chi connectivity index (χ4n) is 3.54. The van der Waals surface area contributed by atoms with Crippen molar-refractivity contribution >= 4 is 17.3 Å². The maximum atomic E-state index is 13.2. The molecule has 1 heterocycles. The van der Waals surface area contributed by atoms with Crippen LogP contribution >= 0.6 is 0 Å². The number of nitrogens with zero attached hydrogens (tertiary/aromatic N) is 2. The van der Waals surface area contributed by atoms with Gasteiger partial charge in [0.1, 0.15) is 11.5 Å². The first-order valence-corrected chi connectivity index (χ1v) is 9.70. The predicted molar refractivity (Wildman–Crippen MR) is 118 cm³/mol. The Morgan fingerprint density at radius 1 is 0.862 bits per heavy atom. The maximum absolute atomic E-state index is 13.2. The monoisotopic (exact) mass is 381 g/mol. The number of Topliss-reactive ketones (excluding diaryl/α,β-unsaturated/α-hetero) is 1. The van der Waals surface area contributed by atoms with Gasteiger partial charge in [-0.15, -0.1) is 0 Å². The smallest absolute Gasteiger partial charge is 0.213 e. The third-order valence-electron chi connectivity index (χ3n) is 4.88. The number of amidine groups is 1. The third-order valence-corrected chi connectivity index (χ3v) is 4.88. The summed E-state index contributed by atoms with van der Waals surface area (Å²) in [6, 6.07) is 26.9. The van der Waals surface area contributed by atoms with Crippen molar-refractivity contribution in [3.05, 3.63) is 107 Å². The fraction of sp³-hybridized carbons (Fsp3) is 0.160. The molecule has 0 amide bonds. The Bertz CT molecular complexity index is 1080. The molecular weight excluding hydrogens is 358 g/mol. The molecule has 0 atom stereocenters. The summed E-state index contributed by atoms with van der Waals surface area (Å²) in [4.78, 5) is 18.0. The van der Waals surface area contributed by atoms with E-state index in [1.54, 1.807) is 12.1 Å². The van der Waals surface area contributed by atoms with Gasteiger partial charge in [0.25, 0.3) is 0 Å². The second-order valence-corrected chi connectivity index (χ2v) is 7.74. The Morgan fingerprint density at radius 3 is 2.14 bits per heavy atom. The Morgan fingerprint density at radius 2 is 1.45 bits per heavy atom. The molecular formula is C25H23N3O. The molecule has 0 fully saturated rings. The molecule has 0 aliphatic carbocycles. The minimum absolute atomic E-state index is 0.131. The Labute approximate surface area is 171 Å². The lowest BCUT2D eigenvalue weighted by molar-refractivity contribution is 0.106. The summed E-state index contributed by atoms with van der Waals surface area (Å²) in [6.07, 6.45) is 0.868. The number of nitrogens with one attached hydrogen (secondary N) is 1. The second kappa shape index (κ2) is 7.84. The summed E-state index contributed by atoms with van der Waals surface area (Å²) < 4.78 is 0. The summed E-state index contributed by atoms with van der Waals surface area (Å²) in [5, 5.41) is 4.54. The van der Waals surface area contributed by atoms with E-state index < -0.39 is 0 Å².